The normalized spacial score (nSPS) is 15.1. The maximum atomic E-state index is 11.7. The van der Waals surface area contributed by atoms with E-state index >= 15 is 0 Å². The molecule has 176 valence electrons. The van der Waals surface area contributed by atoms with Gasteiger partial charge in [-0.15, -0.1) is 0 Å². The zero-order chi connectivity index (χ0) is 24.2. The van der Waals surface area contributed by atoms with Crippen molar-refractivity contribution < 1.29 is 33.8 Å². The second-order valence-electron chi connectivity index (χ2n) is 8.49. The smallest absolute Gasteiger partial charge is 0.481 e. The van der Waals surface area contributed by atoms with Crippen molar-refractivity contribution in [1.82, 2.24) is 15.3 Å². The molecule has 1 aromatic heterocycles. The van der Waals surface area contributed by atoms with E-state index in [2.05, 4.69) is 20.6 Å². The van der Waals surface area contributed by atoms with Crippen LogP contribution in [0.4, 0.5) is 10.7 Å². The van der Waals surface area contributed by atoms with Crippen molar-refractivity contribution in [3.8, 4) is 11.6 Å². The minimum Gasteiger partial charge on any atom is -0.481 e. The lowest BCUT2D eigenvalue weighted by atomic mass is 9.77. The van der Waals surface area contributed by atoms with Crippen molar-refractivity contribution >= 4 is 30.6 Å². The number of anilines is 1. The van der Waals surface area contributed by atoms with Crippen LogP contribution in [0.1, 0.15) is 44.4 Å². The first-order chi connectivity index (χ1) is 15.5. The lowest BCUT2D eigenvalue weighted by Crippen LogP contribution is -2.35. The van der Waals surface area contributed by atoms with Gasteiger partial charge in [-0.1, -0.05) is 0 Å². The number of ether oxygens (including phenoxy) is 2. The molecule has 4 N–H and O–H groups in total. The Labute approximate surface area is 191 Å². The number of benzene rings is 1. The van der Waals surface area contributed by atoms with Crippen molar-refractivity contribution in [1.29, 1.82) is 0 Å². The van der Waals surface area contributed by atoms with E-state index in [0.717, 1.165) is 5.56 Å². The fourth-order valence-electron chi connectivity index (χ4n) is 3.36. The molecule has 0 aliphatic carbocycles. The summed E-state index contributed by atoms with van der Waals surface area (Å²) < 4.78 is 16.4. The summed E-state index contributed by atoms with van der Waals surface area (Å²) >= 11 is 0. The monoisotopic (exact) mass is 458 g/mol. The number of aryl methyl sites for hydroxylation is 1. The molecule has 1 aliphatic heterocycles. The van der Waals surface area contributed by atoms with Crippen molar-refractivity contribution in [2.24, 2.45) is 0 Å². The molecule has 0 radical (unpaired) electrons. The zero-order valence-corrected chi connectivity index (χ0v) is 18.9. The van der Waals surface area contributed by atoms with Gasteiger partial charge in [0.15, 0.2) is 0 Å². The highest BCUT2D eigenvalue weighted by atomic mass is 16.6. The Bertz CT molecular complexity index is 1030. The Kier molecular flexibility index (Phi) is 7.39. The summed E-state index contributed by atoms with van der Waals surface area (Å²) in [6.45, 7) is 7.84. The van der Waals surface area contributed by atoms with E-state index in [1.54, 1.807) is 45.9 Å². The molecule has 2 aromatic rings. The lowest BCUT2D eigenvalue weighted by molar-refractivity contribution is -0.138. The van der Waals surface area contributed by atoms with Crippen LogP contribution in [-0.2, 0) is 14.2 Å². The number of carbonyl (C=O) groups is 2. The number of carbonyl (C=O) groups excluding carboxylic acids is 1. The SMILES string of the molecule is Cc1cc(Oc2ccnc(NCCNC(=O)OC(C)(C)C)n2)cc2c1C(CC(=O)O)OB2O. The fourth-order valence-corrected chi connectivity index (χ4v) is 3.36. The third kappa shape index (κ3) is 6.80. The molecule has 0 saturated heterocycles. The molecule has 1 aliphatic rings. The van der Waals surface area contributed by atoms with Gasteiger partial charge in [0, 0.05) is 25.4 Å². The van der Waals surface area contributed by atoms with Crippen LogP contribution >= 0.6 is 0 Å². The predicted molar refractivity (Wildman–Crippen MR) is 120 cm³/mol. The van der Waals surface area contributed by atoms with Gasteiger partial charge in [0.1, 0.15) is 11.4 Å². The average Bonchev–Trinajstić information content (AvgIpc) is 2.99. The molecule has 11 nitrogen and oxygen atoms in total. The van der Waals surface area contributed by atoms with E-state index < -0.39 is 30.9 Å². The van der Waals surface area contributed by atoms with Crippen LogP contribution in [0.2, 0.25) is 0 Å². The Balaban J connectivity index is 1.60. The standard InChI is InChI=1S/C21H27BN4O7/c1-12-9-13(10-14-18(12)15(11-17(27)28)33-22(14)30)31-16-5-6-23-19(26-16)24-7-8-25-20(29)32-21(2,3)4/h5-6,9-10,15,30H,7-8,11H2,1-4H3,(H,25,29)(H,27,28)(H,23,24,26). The summed E-state index contributed by atoms with van der Waals surface area (Å²) in [6.07, 6.45) is 0.0544. The number of aliphatic carboxylic acids is 1. The van der Waals surface area contributed by atoms with Gasteiger partial charge in [0.2, 0.25) is 11.8 Å². The number of hydrogen-bond donors (Lipinski definition) is 4. The van der Waals surface area contributed by atoms with Crippen LogP contribution < -0.4 is 20.8 Å². The van der Waals surface area contributed by atoms with Gasteiger partial charge in [-0.2, -0.15) is 4.98 Å². The summed E-state index contributed by atoms with van der Waals surface area (Å²) in [6, 6.07) is 4.91. The molecular weight excluding hydrogens is 431 g/mol. The molecule has 1 aromatic carbocycles. The Hall–Kier alpha value is -3.38. The van der Waals surface area contributed by atoms with Crippen molar-refractivity contribution in [2.75, 3.05) is 18.4 Å². The number of rotatable bonds is 8. The summed E-state index contributed by atoms with van der Waals surface area (Å²) in [7, 11) is -1.23. The first-order valence-corrected chi connectivity index (χ1v) is 10.4. The molecule has 1 atom stereocenters. The highest BCUT2D eigenvalue weighted by Gasteiger charge is 2.38. The highest BCUT2D eigenvalue weighted by molar-refractivity contribution is 6.62. The first-order valence-electron chi connectivity index (χ1n) is 10.4. The number of carboxylic acids is 1. The van der Waals surface area contributed by atoms with Crippen LogP contribution in [-0.4, -0.2) is 58.0 Å². The van der Waals surface area contributed by atoms with E-state index in [-0.39, 0.29) is 12.3 Å². The summed E-state index contributed by atoms with van der Waals surface area (Å²) in [4.78, 5) is 31.1. The third-order valence-electron chi connectivity index (χ3n) is 4.56. The molecule has 1 unspecified atom stereocenters. The molecule has 3 rings (SSSR count). The number of aromatic nitrogens is 2. The molecule has 2 heterocycles. The number of alkyl carbamates (subject to hydrolysis) is 1. The molecule has 0 saturated carbocycles. The largest absolute Gasteiger partial charge is 0.492 e. The summed E-state index contributed by atoms with van der Waals surface area (Å²) in [5, 5.41) is 24.9. The van der Waals surface area contributed by atoms with Crippen molar-refractivity contribution in [2.45, 2.75) is 45.8 Å². The van der Waals surface area contributed by atoms with Crippen molar-refractivity contribution in [3.63, 3.8) is 0 Å². The second-order valence-corrected chi connectivity index (χ2v) is 8.49. The Morgan fingerprint density at radius 1 is 1.27 bits per heavy atom. The number of amides is 1. The van der Waals surface area contributed by atoms with Gasteiger partial charge in [-0.3, -0.25) is 4.79 Å². The Morgan fingerprint density at radius 3 is 2.73 bits per heavy atom. The van der Waals surface area contributed by atoms with Gasteiger partial charge in [-0.25, -0.2) is 9.78 Å². The molecule has 12 heteroatoms. The lowest BCUT2D eigenvalue weighted by Gasteiger charge is -2.19. The molecule has 0 spiro atoms. The molecule has 0 fully saturated rings. The number of nitrogens with one attached hydrogen (secondary N) is 2. The van der Waals surface area contributed by atoms with E-state index in [0.29, 0.717) is 35.8 Å². The molecule has 0 bridgehead atoms. The molecule has 33 heavy (non-hydrogen) atoms. The van der Waals surface area contributed by atoms with Crippen LogP contribution in [0.5, 0.6) is 11.6 Å². The maximum absolute atomic E-state index is 11.7. The topological polar surface area (TPSA) is 152 Å². The van der Waals surface area contributed by atoms with Crippen LogP contribution in [0.25, 0.3) is 0 Å². The number of fused-ring (bicyclic) bond motifs is 1. The van der Waals surface area contributed by atoms with Crippen LogP contribution in [0.3, 0.4) is 0 Å². The second kappa shape index (κ2) is 10.0. The van der Waals surface area contributed by atoms with Gasteiger partial charge in [0.05, 0.1) is 12.5 Å². The predicted octanol–water partition coefficient (Wildman–Crippen LogP) is 1.75. The van der Waals surface area contributed by atoms with Gasteiger partial charge in [-0.05, 0) is 56.4 Å². The van der Waals surface area contributed by atoms with E-state index in [1.165, 1.54) is 6.20 Å². The highest BCUT2D eigenvalue weighted by Crippen LogP contribution is 2.32. The molecule has 1 amide bonds. The van der Waals surface area contributed by atoms with Crippen LogP contribution in [0.15, 0.2) is 24.4 Å². The minimum absolute atomic E-state index is 0.241. The summed E-state index contributed by atoms with van der Waals surface area (Å²) in [5.74, 6) is -0.0214. The molecular formula is C21H27BN4O7. The number of nitrogens with zero attached hydrogens (tertiary/aromatic N) is 2. The van der Waals surface area contributed by atoms with E-state index in [1.807, 2.05) is 0 Å². The Morgan fingerprint density at radius 2 is 2.03 bits per heavy atom. The minimum atomic E-state index is -1.23. The number of carboxylic acid groups (broad SMARTS) is 1. The summed E-state index contributed by atoms with van der Waals surface area (Å²) in [5.41, 5.74) is 1.30. The maximum Gasteiger partial charge on any atom is 0.492 e. The van der Waals surface area contributed by atoms with E-state index in [9.17, 15) is 14.6 Å². The average molecular weight is 458 g/mol. The quantitative estimate of drug-likeness (QED) is 0.340. The van der Waals surface area contributed by atoms with Gasteiger partial charge >= 0.3 is 19.2 Å². The first kappa shape index (κ1) is 24.3. The van der Waals surface area contributed by atoms with Crippen LogP contribution in [0, 0.1) is 6.92 Å². The van der Waals surface area contributed by atoms with E-state index in [4.69, 9.17) is 19.2 Å². The fraction of sp³-hybridized carbons (Fsp3) is 0.429. The van der Waals surface area contributed by atoms with Gasteiger partial charge < -0.3 is 34.9 Å². The van der Waals surface area contributed by atoms with Gasteiger partial charge in [0.25, 0.3) is 0 Å². The van der Waals surface area contributed by atoms with Crippen molar-refractivity contribution in [3.05, 3.63) is 35.5 Å². The zero-order valence-electron chi connectivity index (χ0n) is 18.9. The third-order valence-corrected chi connectivity index (χ3v) is 4.56. The number of hydrogen-bond acceptors (Lipinski definition) is 9.